The normalized spacial score (nSPS) is 10.8. The van der Waals surface area contributed by atoms with Crippen LogP contribution >= 0.6 is 22.9 Å². The Balaban J connectivity index is 2.56. The summed E-state index contributed by atoms with van der Waals surface area (Å²) in [7, 11) is 2.94. The lowest BCUT2D eigenvalue weighted by molar-refractivity contribution is 0.0602. The van der Waals surface area contributed by atoms with Crippen LogP contribution in [-0.2, 0) is 16.1 Å². The molecule has 0 radical (unpaired) electrons. The fourth-order valence-electron chi connectivity index (χ4n) is 1.23. The first kappa shape index (κ1) is 10.5. The first-order valence-corrected chi connectivity index (χ1v) is 5.68. The van der Waals surface area contributed by atoms with Gasteiger partial charge in [0.15, 0.2) is 4.83 Å². The molecule has 0 spiro atoms. The molecule has 0 aromatic carbocycles. The molecule has 0 unspecified atom stereocenters. The first-order chi connectivity index (χ1) is 7.27. The molecular formula is C8H8N2O3S2. The van der Waals surface area contributed by atoms with E-state index in [9.17, 15) is 4.79 Å². The molecule has 0 saturated heterocycles. The highest BCUT2D eigenvalue weighted by Crippen LogP contribution is 2.33. The Morgan fingerprint density at radius 1 is 1.47 bits per heavy atom. The zero-order chi connectivity index (χ0) is 10.8. The van der Waals surface area contributed by atoms with Crippen LogP contribution in [0.15, 0.2) is 0 Å². The summed E-state index contributed by atoms with van der Waals surface area (Å²) in [5, 5.41) is 3.92. The molecule has 0 aliphatic heterocycles. The van der Waals surface area contributed by atoms with Crippen molar-refractivity contribution < 1.29 is 14.3 Å². The maximum absolute atomic E-state index is 11.5. The van der Waals surface area contributed by atoms with E-state index < -0.39 is 0 Å². The number of ether oxygens (including phenoxy) is 2. The van der Waals surface area contributed by atoms with Crippen molar-refractivity contribution in [3.63, 3.8) is 0 Å². The Kier molecular flexibility index (Phi) is 2.94. The number of carbonyl (C=O) groups is 1. The van der Waals surface area contributed by atoms with Crippen LogP contribution in [0.25, 0.3) is 9.53 Å². The zero-order valence-electron chi connectivity index (χ0n) is 8.14. The number of methoxy groups -OCH3 is 2. The van der Waals surface area contributed by atoms with Gasteiger partial charge < -0.3 is 9.47 Å². The highest BCUT2D eigenvalue weighted by molar-refractivity contribution is 7.26. The fourth-order valence-corrected chi connectivity index (χ4v) is 3.12. The Bertz CT molecular complexity index is 491. The Hall–Kier alpha value is -1.05. The summed E-state index contributed by atoms with van der Waals surface area (Å²) in [5.41, 5.74) is 0.819. The second kappa shape index (κ2) is 4.21. The molecule has 0 bridgehead atoms. The average molecular weight is 244 g/mol. The molecule has 2 aromatic rings. The van der Waals surface area contributed by atoms with Crippen LogP contribution in [0.4, 0.5) is 0 Å². The third-order valence-electron chi connectivity index (χ3n) is 1.86. The molecule has 0 amide bonds. The minimum Gasteiger partial charge on any atom is -0.465 e. The molecule has 2 rings (SSSR count). The van der Waals surface area contributed by atoms with Crippen molar-refractivity contribution in [2.45, 2.75) is 6.61 Å². The smallest absolute Gasteiger partial charge is 0.348 e. The molecule has 0 atom stereocenters. The van der Waals surface area contributed by atoms with Gasteiger partial charge in [0.05, 0.1) is 18.4 Å². The molecule has 2 heterocycles. The van der Waals surface area contributed by atoms with Crippen molar-refractivity contribution in [3.8, 4) is 0 Å². The van der Waals surface area contributed by atoms with E-state index in [0.29, 0.717) is 11.5 Å². The van der Waals surface area contributed by atoms with E-state index in [2.05, 4.69) is 9.59 Å². The topological polar surface area (TPSA) is 61.3 Å². The summed E-state index contributed by atoms with van der Waals surface area (Å²) in [6.45, 7) is 0.369. The Labute approximate surface area is 93.8 Å². The van der Waals surface area contributed by atoms with Gasteiger partial charge in [-0.1, -0.05) is 4.49 Å². The maximum atomic E-state index is 11.5. The molecule has 5 nitrogen and oxygen atoms in total. The number of nitrogens with zero attached hydrogens (tertiary/aromatic N) is 2. The average Bonchev–Trinajstić information content (AvgIpc) is 2.80. The van der Waals surface area contributed by atoms with Crippen molar-refractivity contribution >= 4 is 38.4 Å². The number of hydrogen-bond donors (Lipinski definition) is 0. The standard InChI is InChI=1S/C8H8N2O3S2/c1-12-3-4-5-7(9-10-15-5)14-6(4)8(11)13-2/h3H2,1-2H3. The number of aromatic nitrogens is 2. The second-order valence-electron chi connectivity index (χ2n) is 2.74. The van der Waals surface area contributed by atoms with E-state index >= 15 is 0 Å². The van der Waals surface area contributed by atoms with Crippen LogP contribution in [0.1, 0.15) is 15.2 Å². The van der Waals surface area contributed by atoms with E-state index in [1.807, 2.05) is 0 Å². The lowest BCUT2D eigenvalue weighted by Crippen LogP contribution is -2.02. The third kappa shape index (κ3) is 1.73. The SMILES string of the molecule is COCc1c(C(=O)OC)sc2nnsc12. The van der Waals surface area contributed by atoms with Crippen LogP contribution < -0.4 is 0 Å². The van der Waals surface area contributed by atoms with Crippen molar-refractivity contribution in [1.82, 2.24) is 9.59 Å². The van der Waals surface area contributed by atoms with Gasteiger partial charge >= 0.3 is 5.97 Å². The molecule has 0 aliphatic carbocycles. The molecule has 0 aliphatic rings. The third-order valence-corrected chi connectivity index (χ3v) is 3.88. The van der Waals surface area contributed by atoms with E-state index in [4.69, 9.17) is 9.47 Å². The maximum Gasteiger partial charge on any atom is 0.348 e. The van der Waals surface area contributed by atoms with Gasteiger partial charge in [-0.25, -0.2) is 4.79 Å². The van der Waals surface area contributed by atoms with E-state index in [1.54, 1.807) is 7.11 Å². The molecular weight excluding hydrogens is 236 g/mol. The number of fused-ring (bicyclic) bond motifs is 1. The van der Waals surface area contributed by atoms with Gasteiger partial charge in [-0.2, -0.15) is 0 Å². The Morgan fingerprint density at radius 3 is 2.93 bits per heavy atom. The zero-order valence-corrected chi connectivity index (χ0v) is 9.78. The van der Waals surface area contributed by atoms with Crippen molar-refractivity contribution in [3.05, 3.63) is 10.4 Å². The van der Waals surface area contributed by atoms with E-state index in [0.717, 1.165) is 15.1 Å². The lowest BCUT2D eigenvalue weighted by atomic mass is 10.2. The highest BCUT2D eigenvalue weighted by Gasteiger charge is 2.21. The second-order valence-corrected chi connectivity index (χ2v) is 4.49. The van der Waals surface area contributed by atoms with Crippen molar-refractivity contribution in [2.75, 3.05) is 14.2 Å². The summed E-state index contributed by atoms with van der Waals surface area (Å²) in [5.74, 6) is -0.350. The van der Waals surface area contributed by atoms with Gasteiger partial charge in [-0.15, -0.1) is 16.4 Å². The van der Waals surface area contributed by atoms with Crippen LogP contribution in [0, 0.1) is 0 Å². The molecule has 0 saturated carbocycles. The molecule has 7 heteroatoms. The molecule has 0 fully saturated rings. The predicted octanol–water partition coefficient (Wildman–Crippen LogP) is 1.69. The molecule has 2 aromatic heterocycles. The highest BCUT2D eigenvalue weighted by atomic mass is 32.1. The number of hydrogen-bond acceptors (Lipinski definition) is 7. The molecule has 80 valence electrons. The summed E-state index contributed by atoms with van der Waals surface area (Å²) >= 11 is 2.55. The molecule has 0 N–H and O–H groups in total. The van der Waals surface area contributed by atoms with Gasteiger partial charge in [0.25, 0.3) is 0 Å². The van der Waals surface area contributed by atoms with Gasteiger partial charge in [0.1, 0.15) is 4.88 Å². The van der Waals surface area contributed by atoms with Gasteiger partial charge in [0, 0.05) is 12.7 Å². The summed E-state index contributed by atoms with van der Waals surface area (Å²) in [4.78, 5) is 12.8. The monoisotopic (exact) mass is 244 g/mol. The van der Waals surface area contributed by atoms with Crippen molar-refractivity contribution in [1.29, 1.82) is 0 Å². The lowest BCUT2D eigenvalue weighted by Gasteiger charge is -2.00. The van der Waals surface area contributed by atoms with Crippen molar-refractivity contribution in [2.24, 2.45) is 0 Å². The van der Waals surface area contributed by atoms with Crippen LogP contribution in [-0.4, -0.2) is 29.8 Å². The summed E-state index contributed by atoms with van der Waals surface area (Å²) in [6.07, 6.45) is 0. The van der Waals surface area contributed by atoms with Crippen LogP contribution in [0.3, 0.4) is 0 Å². The minimum atomic E-state index is -0.350. The fraction of sp³-hybridized carbons (Fsp3) is 0.375. The van der Waals surface area contributed by atoms with Crippen LogP contribution in [0.2, 0.25) is 0 Å². The first-order valence-electron chi connectivity index (χ1n) is 4.09. The predicted molar refractivity (Wildman–Crippen MR) is 57.3 cm³/mol. The van der Waals surface area contributed by atoms with Crippen LogP contribution in [0.5, 0.6) is 0 Å². The number of thiophene rings is 1. The van der Waals surface area contributed by atoms with E-state index in [1.165, 1.54) is 30.0 Å². The molecule has 15 heavy (non-hydrogen) atoms. The summed E-state index contributed by atoms with van der Waals surface area (Å²) in [6, 6.07) is 0. The van der Waals surface area contributed by atoms with E-state index in [-0.39, 0.29) is 5.97 Å². The Morgan fingerprint density at radius 2 is 2.27 bits per heavy atom. The van der Waals surface area contributed by atoms with Gasteiger partial charge in [0.2, 0.25) is 0 Å². The minimum absolute atomic E-state index is 0.350. The number of carbonyl (C=O) groups excluding carboxylic acids is 1. The van der Waals surface area contributed by atoms with Gasteiger partial charge in [-0.3, -0.25) is 0 Å². The summed E-state index contributed by atoms with van der Waals surface area (Å²) < 4.78 is 14.5. The largest absolute Gasteiger partial charge is 0.465 e. The van der Waals surface area contributed by atoms with Gasteiger partial charge in [-0.05, 0) is 11.5 Å². The quantitative estimate of drug-likeness (QED) is 0.769. The number of rotatable bonds is 3. The number of esters is 1.